The number of urea groups is 1. The van der Waals surface area contributed by atoms with Crippen LogP contribution in [0.25, 0.3) is 0 Å². The minimum atomic E-state index is -0.0320. The summed E-state index contributed by atoms with van der Waals surface area (Å²) in [4.78, 5) is 18.4. The predicted octanol–water partition coefficient (Wildman–Crippen LogP) is 2.74. The number of hydrogen-bond donors (Lipinski definition) is 1. The maximum absolute atomic E-state index is 12.5. The third kappa shape index (κ3) is 4.72. The van der Waals surface area contributed by atoms with Gasteiger partial charge in [-0.3, -0.25) is 4.98 Å². The Morgan fingerprint density at radius 2 is 2.18 bits per heavy atom. The van der Waals surface area contributed by atoms with Crippen molar-refractivity contribution in [3.63, 3.8) is 0 Å². The van der Waals surface area contributed by atoms with E-state index in [-0.39, 0.29) is 18.9 Å². The monoisotopic (exact) mass is 383 g/mol. The maximum atomic E-state index is 12.5. The zero-order valence-corrected chi connectivity index (χ0v) is 15.8. The molecule has 0 spiro atoms. The van der Waals surface area contributed by atoms with Crippen molar-refractivity contribution in [3.8, 4) is 11.5 Å². The highest BCUT2D eigenvalue weighted by molar-refractivity contribution is 5.74. The number of nitrogens with one attached hydrogen (secondary N) is 1. The van der Waals surface area contributed by atoms with E-state index in [1.165, 1.54) is 0 Å². The van der Waals surface area contributed by atoms with Crippen molar-refractivity contribution in [1.82, 2.24) is 15.2 Å². The zero-order chi connectivity index (χ0) is 19.2. The Bertz CT molecular complexity index is 799. The first-order valence-electron chi connectivity index (χ1n) is 9.70. The van der Waals surface area contributed by atoms with Crippen LogP contribution in [-0.2, 0) is 17.8 Å². The van der Waals surface area contributed by atoms with Crippen LogP contribution in [0.3, 0.4) is 0 Å². The van der Waals surface area contributed by atoms with E-state index in [9.17, 15) is 4.79 Å². The van der Waals surface area contributed by atoms with Gasteiger partial charge < -0.3 is 24.4 Å². The number of carbonyl (C=O) groups is 1. The van der Waals surface area contributed by atoms with Gasteiger partial charge in [0.15, 0.2) is 11.5 Å². The van der Waals surface area contributed by atoms with E-state index in [0.29, 0.717) is 19.7 Å². The SMILES string of the molecule is O=C(NCCc1ccc2c(c1)OCO2)N1CCC[C@H](OCc2cccnc2)C1. The van der Waals surface area contributed by atoms with Crippen molar-refractivity contribution in [2.24, 2.45) is 0 Å². The van der Waals surface area contributed by atoms with E-state index in [0.717, 1.165) is 48.4 Å². The summed E-state index contributed by atoms with van der Waals surface area (Å²) < 4.78 is 16.7. The number of carbonyl (C=O) groups excluding carboxylic acids is 1. The van der Waals surface area contributed by atoms with Crippen molar-refractivity contribution < 1.29 is 19.0 Å². The average molecular weight is 383 g/mol. The Morgan fingerprint density at radius 3 is 3.07 bits per heavy atom. The maximum Gasteiger partial charge on any atom is 0.317 e. The molecule has 2 aliphatic rings. The lowest BCUT2D eigenvalue weighted by molar-refractivity contribution is -0.000401. The molecule has 1 N–H and O–H groups in total. The van der Waals surface area contributed by atoms with Crippen molar-refractivity contribution >= 4 is 6.03 Å². The summed E-state index contributed by atoms with van der Waals surface area (Å²) in [6.07, 6.45) is 6.29. The Labute approximate surface area is 164 Å². The van der Waals surface area contributed by atoms with Gasteiger partial charge in [0.05, 0.1) is 12.7 Å². The van der Waals surface area contributed by atoms with Crippen LogP contribution in [0, 0.1) is 0 Å². The molecular formula is C21H25N3O4. The molecule has 7 heteroatoms. The van der Waals surface area contributed by atoms with Crippen LogP contribution in [-0.4, -0.2) is 48.4 Å². The number of ether oxygens (including phenoxy) is 3. The first kappa shape index (κ1) is 18.6. The fourth-order valence-corrected chi connectivity index (χ4v) is 3.48. The second kappa shape index (κ2) is 8.93. The van der Waals surface area contributed by atoms with Gasteiger partial charge in [0, 0.05) is 32.0 Å². The molecule has 1 saturated heterocycles. The molecular weight excluding hydrogens is 358 g/mol. The molecule has 0 radical (unpaired) electrons. The van der Waals surface area contributed by atoms with Crippen molar-refractivity contribution in [1.29, 1.82) is 0 Å². The Hall–Kier alpha value is -2.80. The van der Waals surface area contributed by atoms with E-state index >= 15 is 0 Å². The Morgan fingerprint density at radius 1 is 1.25 bits per heavy atom. The van der Waals surface area contributed by atoms with Crippen molar-refractivity contribution in [2.75, 3.05) is 26.4 Å². The van der Waals surface area contributed by atoms with Gasteiger partial charge in [0.1, 0.15) is 0 Å². The van der Waals surface area contributed by atoms with E-state index < -0.39 is 0 Å². The number of piperidine rings is 1. The number of aromatic nitrogens is 1. The van der Waals surface area contributed by atoms with Crippen LogP contribution in [0.1, 0.15) is 24.0 Å². The molecule has 2 aliphatic heterocycles. The highest BCUT2D eigenvalue weighted by Gasteiger charge is 2.24. The molecule has 0 bridgehead atoms. The quantitative estimate of drug-likeness (QED) is 0.830. The summed E-state index contributed by atoms with van der Waals surface area (Å²) in [5.41, 5.74) is 2.16. The molecule has 2 aromatic rings. The lowest BCUT2D eigenvalue weighted by Crippen LogP contribution is -2.48. The van der Waals surface area contributed by atoms with Crippen molar-refractivity contribution in [2.45, 2.75) is 32.0 Å². The normalized spacial score (nSPS) is 18.1. The molecule has 1 atom stereocenters. The molecule has 1 fully saturated rings. The molecule has 148 valence electrons. The van der Waals surface area contributed by atoms with Gasteiger partial charge in [0.25, 0.3) is 0 Å². The zero-order valence-electron chi connectivity index (χ0n) is 15.8. The number of hydrogen-bond acceptors (Lipinski definition) is 5. The predicted molar refractivity (Wildman–Crippen MR) is 103 cm³/mol. The van der Waals surface area contributed by atoms with E-state index in [4.69, 9.17) is 14.2 Å². The molecule has 1 aromatic carbocycles. The third-order valence-corrected chi connectivity index (χ3v) is 5.00. The topological polar surface area (TPSA) is 72.9 Å². The highest BCUT2D eigenvalue weighted by Crippen LogP contribution is 2.32. The van der Waals surface area contributed by atoms with Gasteiger partial charge in [-0.2, -0.15) is 0 Å². The first-order valence-corrected chi connectivity index (χ1v) is 9.70. The lowest BCUT2D eigenvalue weighted by Gasteiger charge is -2.32. The molecule has 28 heavy (non-hydrogen) atoms. The summed E-state index contributed by atoms with van der Waals surface area (Å²) in [7, 11) is 0. The van der Waals surface area contributed by atoms with Crippen molar-refractivity contribution in [3.05, 3.63) is 53.9 Å². The minimum absolute atomic E-state index is 0.0320. The minimum Gasteiger partial charge on any atom is -0.454 e. The first-order chi connectivity index (χ1) is 13.8. The van der Waals surface area contributed by atoms with Gasteiger partial charge in [-0.25, -0.2) is 4.79 Å². The highest BCUT2D eigenvalue weighted by atomic mass is 16.7. The summed E-state index contributed by atoms with van der Waals surface area (Å²) >= 11 is 0. The van der Waals surface area contributed by atoms with E-state index in [2.05, 4.69) is 10.3 Å². The lowest BCUT2D eigenvalue weighted by atomic mass is 10.1. The number of benzene rings is 1. The molecule has 3 heterocycles. The molecule has 0 saturated carbocycles. The van der Waals surface area contributed by atoms with Crippen LogP contribution in [0.4, 0.5) is 4.79 Å². The van der Waals surface area contributed by atoms with Gasteiger partial charge >= 0.3 is 6.03 Å². The van der Waals surface area contributed by atoms with Crippen LogP contribution < -0.4 is 14.8 Å². The number of likely N-dealkylation sites (tertiary alicyclic amines) is 1. The number of fused-ring (bicyclic) bond motifs is 1. The number of rotatable bonds is 6. The Balaban J connectivity index is 1.21. The van der Waals surface area contributed by atoms with Gasteiger partial charge in [-0.15, -0.1) is 0 Å². The summed E-state index contributed by atoms with van der Waals surface area (Å²) in [6.45, 7) is 2.77. The summed E-state index contributed by atoms with van der Waals surface area (Å²) in [5.74, 6) is 1.55. The molecule has 0 unspecified atom stereocenters. The summed E-state index contributed by atoms with van der Waals surface area (Å²) in [6, 6.07) is 9.75. The third-order valence-electron chi connectivity index (χ3n) is 5.00. The number of pyridine rings is 1. The molecule has 2 amide bonds. The van der Waals surface area contributed by atoms with Crippen LogP contribution in [0.15, 0.2) is 42.7 Å². The van der Waals surface area contributed by atoms with Crippen LogP contribution in [0.2, 0.25) is 0 Å². The van der Waals surface area contributed by atoms with Crippen LogP contribution >= 0.6 is 0 Å². The second-order valence-electron chi connectivity index (χ2n) is 7.05. The smallest absolute Gasteiger partial charge is 0.317 e. The van der Waals surface area contributed by atoms with Crippen LogP contribution in [0.5, 0.6) is 11.5 Å². The standard InChI is InChI=1S/C21H25N3O4/c25-21(23-9-7-16-5-6-19-20(11-16)28-15-27-19)24-10-2-4-18(13-24)26-14-17-3-1-8-22-12-17/h1,3,5-6,8,11-12,18H,2,4,7,9-10,13-15H2,(H,23,25)/t18-/m0/s1. The van der Waals surface area contributed by atoms with Gasteiger partial charge in [0.2, 0.25) is 6.79 Å². The molecule has 7 nitrogen and oxygen atoms in total. The van der Waals surface area contributed by atoms with E-state index in [1.54, 1.807) is 6.20 Å². The molecule has 0 aliphatic carbocycles. The molecule has 4 rings (SSSR count). The summed E-state index contributed by atoms with van der Waals surface area (Å²) in [5, 5.41) is 3.01. The average Bonchev–Trinajstić information content (AvgIpc) is 3.21. The number of nitrogens with zero attached hydrogens (tertiary/aromatic N) is 2. The van der Waals surface area contributed by atoms with Gasteiger partial charge in [-0.05, 0) is 48.6 Å². The number of amides is 2. The Kier molecular flexibility index (Phi) is 5.92. The molecule has 1 aromatic heterocycles. The second-order valence-corrected chi connectivity index (χ2v) is 7.05. The largest absolute Gasteiger partial charge is 0.454 e. The van der Waals surface area contributed by atoms with E-state index in [1.807, 2.05) is 41.4 Å². The van der Waals surface area contributed by atoms with Gasteiger partial charge in [-0.1, -0.05) is 12.1 Å². The fraction of sp³-hybridized carbons (Fsp3) is 0.429. The fourth-order valence-electron chi connectivity index (χ4n) is 3.48.